The fraction of sp³-hybridized carbons (Fsp3) is 0.600. The molecule has 0 aliphatic carbocycles. The topological polar surface area (TPSA) is 49.9 Å². The number of nitrogens with zero attached hydrogens (tertiary/aromatic N) is 2. The van der Waals surface area contributed by atoms with Crippen LogP contribution in [-0.2, 0) is 20.7 Å². The summed E-state index contributed by atoms with van der Waals surface area (Å²) in [4.78, 5) is 27.1. The van der Waals surface area contributed by atoms with E-state index >= 15 is 0 Å². The number of rotatable bonds is 7. The molecule has 1 aromatic carbocycles. The number of methoxy groups -OCH3 is 1. The van der Waals surface area contributed by atoms with E-state index in [4.69, 9.17) is 0 Å². The molecule has 0 spiro atoms. The maximum absolute atomic E-state index is 13.5. The molecule has 2 aliphatic heterocycles. The molecule has 3 rings (SSSR count). The van der Waals surface area contributed by atoms with E-state index in [0.29, 0.717) is 32.4 Å². The van der Waals surface area contributed by atoms with Crippen LogP contribution in [0.5, 0.6) is 0 Å². The van der Waals surface area contributed by atoms with Gasteiger partial charge in [-0.2, -0.15) is 0 Å². The molecule has 148 valence electrons. The zero-order chi connectivity index (χ0) is 19.4. The van der Waals surface area contributed by atoms with E-state index in [1.807, 2.05) is 18.2 Å². The molecular formula is C20H26F2N2O3. The number of benzene rings is 1. The number of unbranched alkanes of at least 4 members (excludes halogenated alkanes) is 2. The molecule has 0 aromatic heterocycles. The molecule has 5 nitrogen and oxygen atoms in total. The van der Waals surface area contributed by atoms with Crippen molar-refractivity contribution in [3.8, 4) is 0 Å². The van der Waals surface area contributed by atoms with E-state index in [1.54, 1.807) is 9.80 Å². The van der Waals surface area contributed by atoms with Crippen LogP contribution >= 0.6 is 0 Å². The van der Waals surface area contributed by atoms with Crippen molar-refractivity contribution in [1.82, 2.24) is 0 Å². The molecule has 1 saturated heterocycles. The number of ether oxygens (including phenoxy) is 1. The monoisotopic (exact) mass is 380 g/mol. The van der Waals surface area contributed by atoms with Crippen LogP contribution in [0.15, 0.2) is 18.2 Å². The number of hydrogen-bond donors (Lipinski definition) is 0. The van der Waals surface area contributed by atoms with Crippen LogP contribution in [0.2, 0.25) is 0 Å². The lowest BCUT2D eigenvalue weighted by atomic mass is 10.1. The van der Waals surface area contributed by atoms with Crippen molar-refractivity contribution < 1.29 is 23.1 Å². The van der Waals surface area contributed by atoms with Gasteiger partial charge in [0.1, 0.15) is 0 Å². The number of amides is 1. The molecule has 2 aliphatic rings. The Bertz CT molecular complexity index is 708. The molecule has 0 saturated carbocycles. The minimum Gasteiger partial charge on any atom is -0.469 e. The highest BCUT2D eigenvalue weighted by atomic mass is 19.3. The van der Waals surface area contributed by atoms with Crippen LogP contribution in [0.1, 0.15) is 44.1 Å². The second-order valence-electron chi connectivity index (χ2n) is 7.27. The predicted molar refractivity (Wildman–Crippen MR) is 99.4 cm³/mol. The average molecular weight is 380 g/mol. The highest BCUT2D eigenvalue weighted by Gasteiger charge is 2.38. The van der Waals surface area contributed by atoms with E-state index < -0.39 is 5.92 Å². The van der Waals surface area contributed by atoms with Crippen molar-refractivity contribution in [2.45, 2.75) is 50.9 Å². The first-order chi connectivity index (χ1) is 12.9. The molecule has 1 aromatic rings. The average Bonchev–Trinajstić information content (AvgIpc) is 3.23. The minimum atomic E-state index is -2.64. The third-order valence-electron chi connectivity index (χ3n) is 5.30. The molecule has 27 heavy (non-hydrogen) atoms. The van der Waals surface area contributed by atoms with Crippen LogP contribution in [0.3, 0.4) is 0 Å². The number of carbonyl (C=O) groups excluding carboxylic acids is 2. The van der Waals surface area contributed by atoms with E-state index in [0.717, 1.165) is 36.2 Å². The number of esters is 1. The van der Waals surface area contributed by atoms with Crippen LogP contribution in [-0.4, -0.2) is 44.5 Å². The van der Waals surface area contributed by atoms with Gasteiger partial charge in [-0.15, -0.1) is 0 Å². The van der Waals surface area contributed by atoms with Crippen molar-refractivity contribution in [2.75, 3.05) is 36.5 Å². The summed E-state index contributed by atoms with van der Waals surface area (Å²) in [5.74, 6) is -2.82. The van der Waals surface area contributed by atoms with Crippen molar-refractivity contribution in [2.24, 2.45) is 0 Å². The Hall–Kier alpha value is -2.18. The SMILES string of the molecule is COC(=O)CCCCCC(=O)N1CCc2ccc(N3CCC(F)(F)C3)cc21. The van der Waals surface area contributed by atoms with Crippen LogP contribution in [0, 0.1) is 0 Å². The molecule has 0 atom stereocenters. The fourth-order valence-electron chi connectivity index (χ4n) is 3.74. The highest BCUT2D eigenvalue weighted by Crippen LogP contribution is 2.36. The Balaban J connectivity index is 1.56. The van der Waals surface area contributed by atoms with Crippen molar-refractivity contribution in [1.29, 1.82) is 0 Å². The molecule has 0 unspecified atom stereocenters. The standard InChI is InChI=1S/C20H26F2N2O3/c1-27-19(26)6-4-2-3-5-18(25)24-11-9-15-7-8-16(13-17(15)24)23-12-10-20(21,22)14-23/h7-8,13H,2-6,9-12,14H2,1H3. The second-order valence-corrected chi connectivity index (χ2v) is 7.27. The summed E-state index contributed by atoms with van der Waals surface area (Å²) in [6.07, 6.45) is 3.69. The maximum atomic E-state index is 13.5. The first-order valence-electron chi connectivity index (χ1n) is 9.52. The predicted octanol–water partition coefficient (Wildman–Crippen LogP) is 3.54. The summed E-state index contributed by atoms with van der Waals surface area (Å²) < 4.78 is 31.6. The van der Waals surface area contributed by atoms with Crippen molar-refractivity contribution in [3.63, 3.8) is 0 Å². The summed E-state index contributed by atoms with van der Waals surface area (Å²) in [6.45, 7) is 0.704. The summed E-state index contributed by atoms with van der Waals surface area (Å²) in [7, 11) is 1.37. The Morgan fingerprint density at radius 2 is 1.93 bits per heavy atom. The molecule has 1 fully saturated rings. The van der Waals surface area contributed by atoms with Gasteiger partial charge >= 0.3 is 5.97 Å². The largest absolute Gasteiger partial charge is 0.469 e. The third kappa shape index (κ3) is 4.76. The Morgan fingerprint density at radius 1 is 1.15 bits per heavy atom. The smallest absolute Gasteiger partial charge is 0.305 e. The van der Waals surface area contributed by atoms with Gasteiger partial charge in [0, 0.05) is 43.7 Å². The lowest BCUT2D eigenvalue weighted by Gasteiger charge is -2.22. The maximum Gasteiger partial charge on any atom is 0.305 e. The van der Waals surface area contributed by atoms with Gasteiger partial charge in [0.2, 0.25) is 5.91 Å². The molecule has 1 amide bonds. The number of halogens is 2. The first-order valence-corrected chi connectivity index (χ1v) is 9.52. The van der Waals surface area contributed by atoms with Gasteiger partial charge in [-0.1, -0.05) is 12.5 Å². The molecule has 0 radical (unpaired) electrons. The van der Waals surface area contributed by atoms with Gasteiger partial charge in [0.25, 0.3) is 5.92 Å². The molecule has 2 heterocycles. The number of alkyl halides is 2. The second kappa shape index (κ2) is 8.23. The van der Waals surface area contributed by atoms with E-state index in [1.165, 1.54) is 7.11 Å². The Morgan fingerprint density at radius 3 is 2.63 bits per heavy atom. The normalized spacial score (nSPS) is 17.9. The van der Waals surface area contributed by atoms with Crippen LogP contribution in [0.25, 0.3) is 0 Å². The third-order valence-corrected chi connectivity index (χ3v) is 5.30. The Kier molecular flexibility index (Phi) is 5.97. The van der Waals surface area contributed by atoms with Gasteiger partial charge < -0.3 is 14.5 Å². The van der Waals surface area contributed by atoms with E-state index in [-0.39, 0.29) is 24.8 Å². The molecule has 0 bridgehead atoms. The Labute approximate surface area is 158 Å². The van der Waals surface area contributed by atoms with Gasteiger partial charge in [0.15, 0.2) is 0 Å². The molecule has 7 heteroatoms. The molecule has 0 N–H and O–H groups in total. The van der Waals surface area contributed by atoms with E-state index in [9.17, 15) is 18.4 Å². The fourth-order valence-corrected chi connectivity index (χ4v) is 3.74. The summed E-state index contributed by atoms with van der Waals surface area (Å²) >= 11 is 0. The van der Waals surface area contributed by atoms with Gasteiger partial charge in [-0.3, -0.25) is 9.59 Å². The highest BCUT2D eigenvalue weighted by molar-refractivity contribution is 5.96. The summed E-state index contributed by atoms with van der Waals surface area (Å²) in [5.41, 5.74) is 2.69. The van der Waals surface area contributed by atoms with Crippen LogP contribution in [0.4, 0.5) is 20.2 Å². The van der Waals surface area contributed by atoms with Gasteiger partial charge in [0.05, 0.1) is 13.7 Å². The number of carbonyl (C=O) groups is 2. The minimum absolute atomic E-state index is 0.0516. The van der Waals surface area contributed by atoms with Gasteiger partial charge in [-0.05, 0) is 37.0 Å². The molecular weight excluding hydrogens is 354 g/mol. The van der Waals surface area contributed by atoms with Crippen molar-refractivity contribution in [3.05, 3.63) is 23.8 Å². The zero-order valence-electron chi connectivity index (χ0n) is 15.7. The quantitative estimate of drug-likeness (QED) is 0.536. The summed E-state index contributed by atoms with van der Waals surface area (Å²) in [5, 5.41) is 0. The number of fused-ring (bicyclic) bond motifs is 1. The number of hydrogen-bond acceptors (Lipinski definition) is 4. The first kappa shape index (κ1) is 19.6. The zero-order valence-corrected chi connectivity index (χ0v) is 15.7. The lowest BCUT2D eigenvalue weighted by molar-refractivity contribution is -0.140. The van der Waals surface area contributed by atoms with Gasteiger partial charge in [-0.25, -0.2) is 8.78 Å². The summed E-state index contributed by atoms with van der Waals surface area (Å²) in [6, 6.07) is 5.70. The van der Waals surface area contributed by atoms with E-state index in [2.05, 4.69) is 4.74 Å². The lowest BCUT2D eigenvalue weighted by Crippen LogP contribution is -2.29. The van der Waals surface area contributed by atoms with Crippen LogP contribution < -0.4 is 9.80 Å². The number of anilines is 2. The van der Waals surface area contributed by atoms with Crippen molar-refractivity contribution >= 4 is 23.3 Å².